The van der Waals surface area contributed by atoms with Gasteiger partial charge < -0.3 is 14.2 Å². The van der Waals surface area contributed by atoms with E-state index in [0.717, 1.165) is 96.3 Å². The lowest BCUT2D eigenvalue weighted by molar-refractivity contribution is -0.167. The summed E-state index contributed by atoms with van der Waals surface area (Å²) in [6.45, 7) is 6.49. The van der Waals surface area contributed by atoms with Crippen molar-refractivity contribution in [3.8, 4) is 0 Å². The highest BCUT2D eigenvalue weighted by atomic mass is 16.6. The minimum Gasteiger partial charge on any atom is -0.462 e. The first kappa shape index (κ1) is 71.3. The molecular formula is C69H118O6. The monoisotopic (exact) mass is 1040 g/mol. The smallest absolute Gasteiger partial charge is 0.306 e. The summed E-state index contributed by atoms with van der Waals surface area (Å²) >= 11 is 0. The second kappa shape index (κ2) is 62.9. The molecule has 0 aliphatic carbocycles. The molecule has 0 N–H and O–H groups in total. The fraction of sp³-hybridized carbons (Fsp3) is 0.725. The van der Waals surface area contributed by atoms with E-state index in [0.29, 0.717) is 19.3 Å². The Hall–Kier alpha value is -3.67. The van der Waals surface area contributed by atoms with E-state index in [1.165, 1.54) is 161 Å². The van der Waals surface area contributed by atoms with Crippen molar-refractivity contribution in [3.05, 3.63) is 97.2 Å². The Balaban J connectivity index is 4.46. The number of ether oxygens (including phenoxy) is 3. The molecule has 75 heavy (non-hydrogen) atoms. The molecule has 0 heterocycles. The van der Waals surface area contributed by atoms with Gasteiger partial charge in [0.15, 0.2) is 6.10 Å². The SMILES string of the molecule is CC/C=C\C/C=C\C/C=C\C/C=C\C/C=C\CCCC(=O)OCC(COC(=O)CCCCCCCC/C=C\C/C=C\C/C=C\CCCCCCC)OC(=O)CCCCCCCCCCCCCCCCCCCCC. The van der Waals surface area contributed by atoms with Crippen molar-refractivity contribution in [2.75, 3.05) is 13.2 Å². The Morgan fingerprint density at radius 1 is 0.280 bits per heavy atom. The van der Waals surface area contributed by atoms with E-state index >= 15 is 0 Å². The third kappa shape index (κ3) is 61.1. The van der Waals surface area contributed by atoms with Gasteiger partial charge in [-0.05, 0) is 96.3 Å². The van der Waals surface area contributed by atoms with Crippen LogP contribution in [-0.2, 0) is 28.6 Å². The van der Waals surface area contributed by atoms with Crippen LogP contribution in [0.4, 0.5) is 0 Å². The highest BCUT2D eigenvalue weighted by Gasteiger charge is 2.19. The van der Waals surface area contributed by atoms with E-state index in [-0.39, 0.29) is 37.5 Å². The zero-order valence-electron chi connectivity index (χ0n) is 49.3. The van der Waals surface area contributed by atoms with Gasteiger partial charge in [-0.25, -0.2) is 0 Å². The van der Waals surface area contributed by atoms with Gasteiger partial charge >= 0.3 is 17.9 Å². The summed E-state index contributed by atoms with van der Waals surface area (Å²) in [6.07, 6.45) is 84.1. The number of esters is 3. The maximum Gasteiger partial charge on any atom is 0.306 e. The first-order valence-electron chi connectivity index (χ1n) is 31.7. The van der Waals surface area contributed by atoms with E-state index in [1.807, 2.05) is 0 Å². The third-order valence-corrected chi connectivity index (χ3v) is 13.6. The Bertz CT molecular complexity index is 1480. The van der Waals surface area contributed by atoms with Gasteiger partial charge in [-0.15, -0.1) is 0 Å². The number of carbonyl (C=O) groups excluding carboxylic acids is 3. The molecule has 1 unspecified atom stereocenters. The van der Waals surface area contributed by atoms with E-state index in [4.69, 9.17) is 14.2 Å². The van der Waals surface area contributed by atoms with Gasteiger partial charge in [0.05, 0.1) is 0 Å². The molecule has 0 aliphatic heterocycles. The second-order valence-electron chi connectivity index (χ2n) is 20.9. The topological polar surface area (TPSA) is 78.9 Å². The molecule has 0 bridgehead atoms. The Kier molecular flexibility index (Phi) is 59.8. The molecule has 1 atom stereocenters. The van der Waals surface area contributed by atoms with Crippen LogP contribution in [-0.4, -0.2) is 37.2 Å². The largest absolute Gasteiger partial charge is 0.462 e. The van der Waals surface area contributed by atoms with Crippen molar-refractivity contribution in [2.45, 2.75) is 309 Å². The Morgan fingerprint density at radius 3 is 0.867 bits per heavy atom. The van der Waals surface area contributed by atoms with Crippen molar-refractivity contribution in [3.63, 3.8) is 0 Å². The van der Waals surface area contributed by atoms with Gasteiger partial charge in [0, 0.05) is 19.3 Å². The molecule has 0 radical (unpaired) electrons. The highest BCUT2D eigenvalue weighted by molar-refractivity contribution is 5.71. The van der Waals surface area contributed by atoms with E-state index in [9.17, 15) is 14.4 Å². The molecule has 0 aliphatic rings. The van der Waals surface area contributed by atoms with Crippen molar-refractivity contribution in [2.24, 2.45) is 0 Å². The molecular weight excluding hydrogens is 925 g/mol. The molecule has 6 nitrogen and oxygen atoms in total. The maximum atomic E-state index is 12.9. The van der Waals surface area contributed by atoms with Crippen molar-refractivity contribution in [1.82, 2.24) is 0 Å². The number of allylic oxidation sites excluding steroid dienone is 16. The summed E-state index contributed by atoms with van der Waals surface area (Å²) in [7, 11) is 0. The lowest BCUT2D eigenvalue weighted by atomic mass is 10.0. The predicted octanol–water partition coefficient (Wildman–Crippen LogP) is 21.7. The number of carbonyl (C=O) groups is 3. The molecule has 0 rings (SSSR count). The summed E-state index contributed by atoms with van der Waals surface area (Å²) in [4.78, 5) is 38.3. The van der Waals surface area contributed by atoms with Gasteiger partial charge in [0.2, 0.25) is 0 Å². The molecule has 0 fully saturated rings. The maximum absolute atomic E-state index is 12.9. The van der Waals surface area contributed by atoms with Gasteiger partial charge in [-0.1, -0.05) is 285 Å². The number of unbranched alkanes of at least 4 members (excludes halogenated alkanes) is 30. The highest BCUT2D eigenvalue weighted by Crippen LogP contribution is 2.16. The summed E-state index contributed by atoms with van der Waals surface area (Å²) in [5.41, 5.74) is 0. The predicted molar refractivity (Wildman–Crippen MR) is 325 cm³/mol. The quantitative estimate of drug-likeness (QED) is 0.0261. The zero-order chi connectivity index (χ0) is 54.3. The fourth-order valence-electron chi connectivity index (χ4n) is 8.84. The van der Waals surface area contributed by atoms with Crippen LogP contribution in [0, 0.1) is 0 Å². The Morgan fingerprint density at radius 2 is 0.533 bits per heavy atom. The van der Waals surface area contributed by atoms with Crippen molar-refractivity contribution < 1.29 is 28.6 Å². The van der Waals surface area contributed by atoms with E-state index in [2.05, 4.69) is 118 Å². The van der Waals surface area contributed by atoms with Crippen LogP contribution in [0.2, 0.25) is 0 Å². The van der Waals surface area contributed by atoms with E-state index < -0.39 is 6.10 Å². The molecule has 0 aromatic rings. The van der Waals surface area contributed by atoms with Crippen LogP contribution >= 0.6 is 0 Å². The standard InChI is InChI=1S/C69H118O6/c1-4-7-10-13-16-19-22-25-28-31-33-34-36-38-41-44-47-50-53-56-59-62-68(71)74-65-66(64-73-67(70)61-58-55-52-49-46-43-40-37-30-27-24-21-18-15-12-9-6-3)75-69(72)63-60-57-54-51-48-45-42-39-35-32-29-26-23-20-17-14-11-8-5-2/h9,12,18,21-22,25,27,30-31,33,36,38,40,43,49,52,66H,4-8,10-11,13-17,19-20,23-24,26,28-29,32,34-35,37,39,41-42,44-48,50-51,53-65H2,1-3H3/b12-9-,21-18-,25-22-,30-27-,33-31-,38-36-,43-40-,52-49-. The van der Waals surface area contributed by atoms with Crippen molar-refractivity contribution >= 4 is 17.9 Å². The first-order valence-corrected chi connectivity index (χ1v) is 31.7. The molecule has 430 valence electrons. The zero-order valence-corrected chi connectivity index (χ0v) is 49.3. The molecule has 0 aromatic carbocycles. The van der Waals surface area contributed by atoms with Crippen molar-refractivity contribution in [1.29, 1.82) is 0 Å². The van der Waals surface area contributed by atoms with Gasteiger partial charge in [0.25, 0.3) is 0 Å². The normalized spacial score (nSPS) is 12.7. The van der Waals surface area contributed by atoms with Gasteiger partial charge in [0.1, 0.15) is 13.2 Å². The average Bonchev–Trinajstić information content (AvgIpc) is 3.41. The van der Waals surface area contributed by atoms with Gasteiger partial charge in [-0.2, -0.15) is 0 Å². The third-order valence-electron chi connectivity index (χ3n) is 13.6. The number of hydrogen-bond donors (Lipinski definition) is 0. The fourth-order valence-corrected chi connectivity index (χ4v) is 8.84. The lowest BCUT2D eigenvalue weighted by Crippen LogP contribution is -2.30. The first-order chi connectivity index (χ1) is 37.0. The Labute approximate surface area is 464 Å². The molecule has 6 heteroatoms. The molecule has 0 spiro atoms. The van der Waals surface area contributed by atoms with Crippen LogP contribution in [0.3, 0.4) is 0 Å². The summed E-state index contributed by atoms with van der Waals surface area (Å²) in [6, 6.07) is 0. The van der Waals surface area contributed by atoms with Crippen LogP contribution in [0.25, 0.3) is 0 Å². The molecule has 0 aromatic heterocycles. The van der Waals surface area contributed by atoms with Gasteiger partial charge in [-0.3, -0.25) is 14.4 Å². The second-order valence-corrected chi connectivity index (χ2v) is 20.9. The van der Waals surface area contributed by atoms with Crippen LogP contribution in [0.5, 0.6) is 0 Å². The molecule has 0 amide bonds. The number of hydrogen-bond acceptors (Lipinski definition) is 6. The summed E-state index contributed by atoms with van der Waals surface area (Å²) < 4.78 is 16.9. The minimum absolute atomic E-state index is 0.101. The van der Waals surface area contributed by atoms with Crippen LogP contribution in [0.1, 0.15) is 303 Å². The molecule has 0 saturated carbocycles. The molecule has 0 saturated heterocycles. The summed E-state index contributed by atoms with van der Waals surface area (Å²) in [5.74, 6) is -0.961. The van der Waals surface area contributed by atoms with E-state index in [1.54, 1.807) is 0 Å². The average molecular weight is 1040 g/mol. The summed E-state index contributed by atoms with van der Waals surface area (Å²) in [5, 5.41) is 0. The minimum atomic E-state index is -0.807. The van der Waals surface area contributed by atoms with Crippen LogP contribution < -0.4 is 0 Å². The lowest BCUT2D eigenvalue weighted by Gasteiger charge is -2.18. The number of rotatable bonds is 57. The van der Waals surface area contributed by atoms with Crippen LogP contribution in [0.15, 0.2) is 97.2 Å².